The summed E-state index contributed by atoms with van der Waals surface area (Å²) in [5.74, 6) is 2.24. The van der Waals surface area contributed by atoms with E-state index in [0.717, 1.165) is 57.1 Å². The highest BCUT2D eigenvalue weighted by Crippen LogP contribution is 2.24. The molecule has 4 atom stereocenters. The van der Waals surface area contributed by atoms with E-state index in [-0.39, 0.29) is 24.4 Å². The van der Waals surface area contributed by atoms with Gasteiger partial charge in [0.25, 0.3) is 0 Å². The lowest BCUT2D eigenvalue weighted by Gasteiger charge is -2.37. The van der Waals surface area contributed by atoms with Crippen LogP contribution in [-0.2, 0) is 9.47 Å². The van der Waals surface area contributed by atoms with Crippen LogP contribution in [0.25, 0.3) is 0 Å². The summed E-state index contributed by atoms with van der Waals surface area (Å²) in [6.45, 7) is 17.6. The summed E-state index contributed by atoms with van der Waals surface area (Å²) in [4.78, 5) is 21.1. The Morgan fingerprint density at radius 1 is 0.741 bits per heavy atom. The summed E-state index contributed by atoms with van der Waals surface area (Å²) in [6.07, 6.45) is 0.646. The van der Waals surface area contributed by atoms with Crippen LogP contribution in [0.1, 0.15) is 41.5 Å². The van der Waals surface area contributed by atoms with Crippen LogP contribution in [0.4, 0.5) is 17.8 Å². The van der Waals surface area contributed by atoms with Crippen molar-refractivity contribution in [3.05, 3.63) is 0 Å². The van der Waals surface area contributed by atoms with Crippen LogP contribution in [0.2, 0.25) is 0 Å². The van der Waals surface area contributed by atoms with Gasteiger partial charge < -0.3 is 24.2 Å². The van der Waals surface area contributed by atoms with Crippen LogP contribution in [0.15, 0.2) is 0 Å². The molecule has 2 saturated heterocycles. The summed E-state index contributed by atoms with van der Waals surface area (Å²) in [7, 11) is 0. The number of rotatable bonds is 5. The van der Waals surface area contributed by atoms with Gasteiger partial charge in [0.1, 0.15) is 0 Å². The lowest BCUT2D eigenvalue weighted by molar-refractivity contribution is -0.00618. The van der Waals surface area contributed by atoms with Gasteiger partial charge in [0.2, 0.25) is 17.8 Å². The maximum absolute atomic E-state index is 5.88. The normalized spacial score (nSPS) is 29.1. The predicted molar refractivity (Wildman–Crippen MR) is 108 cm³/mol. The summed E-state index contributed by atoms with van der Waals surface area (Å²) in [5.41, 5.74) is 0. The van der Waals surface area contributed by atoms with E-state index in [9.17, 15) is 0 Å². The Morgan fingerprint density at radius 2 is 1.11 bits per heavy atom. The molecule has 8 nitrogen and oxygen atoms in total. The van der Waals surface area contributed by atoms with Gasteiger partial charge in [0.15, 0.2) is 0 Å². The fourth-order valence-corrected chi connectivity index (χ4v) is 3.96. The van der Waals surface area contributed by atoms with Crippen molar-refractivity contribution in [2.24, 2.45) is 0 Å². The number of anilines is 3. The number of hydrogen-bond donors (Lipinski definition) is 0. The monoisotopic (exact) mass is 378 g/mol. The van der Waals surface area contributed by atoms with Crippen molar-refractivity contribution in [1.82, 2.24) is 15.0 Å². The van der Waals surface area contributed by atoms with Gasteiger partial charge in [-0.05, 0) is 41.5 Å². The second-order valence-electron chi connectivity index (χ2n) is 7.73. The maximum atomic E-state index is 5.88. The van der Waals surface area contributed by atoms with Crippen LogP contribution in [0, 0.1) is 0 Å². The highest BCUT2D eigenvalue weighted by molar-refractivity contribution is 5.47. The molecule has 4 unspecified atom stereocenters. The predicted octanol–water partition coefficient (Wildman–Crippen LogP) is 1.95. The van der Waals surface area contributed by atoms with Gasteiger partial charge >= 0.3 is 0 Å². The third kappa shape index (κ3) is 4.79. The van der Waals surface area contributed by atoms with Gasteiger partial charge in [-0.15, -0.1) is 0 Å². The van der Waals surface area contributed by atoms with Crippen molar-refractivity contribution < 1.29 is 9.47 Å². The molecule has 0 aromatic carbocycles. The fourth-order valence-electron chi connectivity index (χ4n) is 3.96. The molecule has 0 spiro atoms. The zero-order valence-electron chi connectivity index (χ0n) is 17.6. The molecule has 27 heavy (non-hydrogen) atoms. The van der Waals surface area contributed by atoms with E-state index in [1.807, 2.05) is 0 Å². The van der Waals surface area contributed by atoms with E-state index in [2.05, 4.69) is 56.2 Å². The molecule has 3 heterocycles. The average molecular weight is 379 g/mol. The smallest absolute Gasteiger partial charge is 0.232 e. The van der Waals surface area contributed by atoms with E-state index in [1.54, 1.807) is 0 Å². The van der Waals surface area contributed by atoms with Crippen molar-refractivity contribution >= 4 is 17.8 Å². The largest absolute Gasteiger partial charge is 0.372 e. The number of aromatic nitrogens is 3. The van der Waals surface area contributed by atoms with Crippen LogP contribution < -0.4 is 14.7 Å². The second kappa shape index (κ2) is 8.56. The fraction of sp³-hybridized carbons (Fsp3) is 0.842. The van der Waals surface area contributed by atoms with Crippen molar-refractivity contribution in [1.29, 1.82) is 0 Å². The highest BCUT2D eigenvalue weighted by Gasteiger charge is 2.29. The molecule has 0 N–H and O–H groups in total. The van der Waals surface area contributed by atoms with Crippen molar-refractivity contribution in [3.8, 4) is 0 Å². The minimum Gasteiger partial charge on any atom is -0.372 e. The molecule has 0 radical (unpaired) electrons. The van der Waals surface area contributed by atoms with Gasteiger partial charge in [-0.1, -0.05) is 0 Å². The van der Waals surface area contributed by atoms with Crippen LogP contribution >= 0.6 is 0 Å². The number of morpholine rings is 2. The Balaban J connectivity index is 1.96. The van der Waals surface area contributed by atoms with Crippen LogP contribution in [0.5, 0.6) is 0 Å². The van der Waals surface area contributed by atoms with Crippen molar-refractivity contribution in [2.45, 2.75) is 66.0 Å². The van der Waals surface area contributed by atoms with E-state index in [0.29, 0.717) is 0 Å². The Hall–Kier alpha value is -1.67. The molecule has 1 aromatic rings. The summed E-state index contributed by atoms with van der Waals surface area (Å²) in [5, 5.41) is 0. The number of nitrogens with zero attached hydrogens (tertiary/aromatic N) is 6. The zero-order valence-corrected chi connectivity index (χ0v) is 17.6. The zero-order chi connectivity index (χ0) is 19.6. The Morgan fingerprint density at radius 3 is 1.44 bits per heavy atom. The Labute approximate surface area is 162 Å². The van der Waals surface area contributed by atoms with Crippen LogP contribution in [0.3, 0.4) is 0 Å². The molecule has 152 valence electrons. The average Bonchev–Trinajstić information content (AvgIpc) is 2.61. The molecule has 1 aromatic heterocycles. The molecular weight excluding hydrogens is 344 g/mol. The first kappa shape index (κ1) is 20.1. The molecule has 2 fully saturated rings. The molecular formula is C19H34N6O2. The first-order valence-electron chi connectivity index (χ1n) is 10.2. The van der Waals surface area contributed by atoms with Crippen LogP contribution in [-0.4, -0.2) is 78.6 Å². The van der Waals surface area contributed by atoms with Gasteiger partial charge in [-0.2, -0.15) is 15.0 Å². The third-order valence-electron chi connectivity index (χ3n) is 5.05. The Bertz CT molecular complexity index is 562. The maximum Gasteiger partial charge on any atom is 0.232 e. The number of ether oxygens (including phenoxy) is 2. The summed E-state index contributed by atoms with van der Waals surface area (Å²) < 4.78 is 11.8. The SMILES string of the molecule is CCN(CC)c1nc(N2CC(C)OC(C)C2)nc(N2CC(C)OC(C)C2)n1. The number of hydrogen-bond acceptors (Lipinski definition) is 8. The minimum atomic E-state index is 0.161. The molecule has 2 aliphatic rings. The van der Waals surface area contributed by atoms with Gasteiger partial charge in [-0.3, -0.25) is 0 Å². The molecule has 0 bridgehead atoms. The first-order chi connectivity index (χ1) is 12.9. The Kier molecular flexibility index (Phi) is 6.37. The summed E-state index contributed by atoms with van der Waals surface area (Å²) in [6, 6.07) is 0. The summed E-state index contributed by atoms with van der Waals surface area (Å²) >= 11 is 0. The quantitative estimate of drug-likeness (QED) is 0.770. The van der Waals surface area contributed by atoms with E-state index < -0.39 is 0 Å². The third-order valence-corrected chi connectivity index (χ3v) is 5.05. The lowest BCUT2D eigenvalue weighted by atomic mass is 10.2. The molecule has 8 heteroatoms. The molecule has 3 rings (SSSR count). The first-order valence-corrected chi connectivity index (χ1v) is 10.2. The standard InChI is InChI=1S/C19H34N6O2/c1-7-23(8-2)17-20-18(24-9-13(3)26-14(4)10-24)22-19(21-17)25-11-15(5)27-16(6)12-25/h13-16H,7-12H2,1-6H3. The lowest BCUT2D eigenvalue weighted by Crippen LogP contribution is -2.48. The highest BCUT2D eigenvalue weighted by atomic mass is 16.5. The van der Waals surface area contributed by atoms with E-state index in [4.69, 9.17) is 24.4 Å². The van der Waals surface area contributed by atoms with Gasteiger partial charge in [-0.25, -0.2) is 0 Å². The second-order valence-corrected chi connectivity index (χ2v) is 7.73. The minimum absolute atomic E-state index is 0.161. The molecule has 0 amide bonds. The molecule has 0 saturated carbocycles. The van der Waals surface area contributed by atoms with E-state index >= 15 is 0 Å². The van der Waals surface area contributed by atoms with E-state index in [1.165, 1.54) is 0 Å². The van der Waals surface area contributed by atoms with Crippen molar-refractivity contribution in [2.75, 3.05) is 54.0 Å². The topological polar surface area (TPSA) is 66.9 Å². The van der Waals surface area contributed by atoms with Gasteiger partial charge in [0, 0.05) is 39.3 Å². The molecule has 0 aliphatic carbocycles. The van der Waals surface area contributed by atoms with Gasteiger partial charge in [0.05, 0.1) is 24.4 Å². The van der Waals surface area contributed by atoms with Crippen molar-refractivity contribution in [3.63, 3.8) is 0 Å². The molecule has 2 aliphatic heterocycles.